The Morgan fingerprint density at radius 1 is 1.11 bits per heavy atom. The second-order valence-corrected chi connectivity index (χ2v) is 6.13. The van der Waals surface area contributed by atoms with Crippen molar-refractivity contribution in [3.8, 4) is 0 Å². The molecular formula is C13H17N3O2S. The van der Waals surface area contributed by atoms with Gasteiger partial charge in [0.1, 0.15) is 0 Å². The van der Waals surface area contributed by atoms with Crippen LogP contribution in [0.4, 0.5) is 11.4 Å². The molecule has 0 saturated carbocycles. The van der Waals surface area contributed by atoms with Crippen LogP contribution in [-0.4, -0.2) is 19.2 Å². The average Bonchev–Trinajstić information content (AvgIpc) is 2.72. The van der Waals surface area contributed by atoms with E-state index in [0.717, 1.165) is 17.6 Å². The molecule has 6 heteroatoms. The summed E-state index contributed by atoms with van der Waals surface area (Å²) in [5.41, 5.74) is 2.43. The van der Waals surface area contributed by atoms with Gasteiger partial charge in [0.2, 0.25) is 10.0 Å². The molecule has 1 aromatic heterocycles. The van der Waals surface area contributed by atoms with Gasteiger partial charge in [0.25, 0.3) is 0 Å². The number of rotatable bonds is 5. The zero-order valence-electron chi connectivity index (χ0n) is 10.9. The number of nitrogens with zero attached hydrogens (tertiary/aromatic N) is 1. The van der Waals surface area contributed by atoms with Gasteiger partial charge in [-0.2, -0.15) is 0 Å². The molecule has 0 unspecified atom stereocenters. The van der Waals surface area contributed by atoms with Crippen LogP contribution in [-0.2, 0) is 23.6 Å². The SMILES string of the molecule is Cn1cccc1CNc1ccccc1NS(C)(=O)=O. The summed E-state index contributed by atoms with van der Waals surface area (Å²) in [6.07, 6.45) is 3.11. The van der Waals surface area contributed by atoms with Gasteiger partial charge in [-0.15, -0.1) is 0 Å². The van der Waals surface area contributed by atoms with Crippen LogP contribution in [0.5, 0.6) is 0 Å². The average molecular weight is 279 g/mol. The smallest absolute Gasteiger partial charge is 0.229 e. The first-order valence-electron chi connectivity index (χ1n) is 5.86. The molecule has 0 aliphatic heterocycles. The zero-order valence-corrected chi connectivity index (χ0v) is 11.7. The minimum atomic E-state index is -3.28. The van der Waals surface area contributed by atoms with Crippen molar-refractivity contribution < 1.29 is 8.42 Å². The Bertz CT molecular complexity index is 662. The molecule has 0 amide bonds. The third kappa shape index (κ3) is 3.75. The molecule has 2 aromatic rings. The number of anilines is 2. The van der Waals surface area contributed by atoms with E-state index in [2.05, 4.69) is 10.0 Å². The van der Waals surface area contributed by atoms with Crippen molar-refractivity contribution in [2.45, 2.75) is 6.54 Å². The number of hydrogen-bond donors (Lipinski definition) is 2. The van der Waals surface area contributed by atoms with E-state index in [0.29, 0.717) is 12.2 Å². The standard InChI is InChI=1S/C13H17N3O2S/c1-16-9-5-6-11(16)10-14-12-7-3-4-8-13(12)15-19(2,17)18/h3-9,14-15H,10H2,1-2H3. The Morgan fingerprint density at radius 2 is 1.79 bits per heavy atom. The van der Waals surface area contributed by atoms with Gasteiger partial charge in [0, 0.05) is 18.9 Å². The molecule has 0 bridgehead atoms. The van der Waals surface area contributed by atoms with Crippen LogP contribution in [0.3, 0.4) is 0 Å². The lowest BCUT2D eigenvalue weighted by molar-refractivity contribution is 0.607. The molecule has 1 heterocycles. The van der Waals surface area contributed by atoms with Gasteiger partial charge in [-0.1, -0.05) is 12.1 Å². The van der Waals surface area contributed by atoms with E-state index in [1.165, 1.54) is 0 Å². The van der Waals surface area contributed by atoms with E-state index in [-0.39, 0.29) is 0 Å². The first-order valence-corrected chi connectivity index (χ1v) is 7.76. The third-order valence-electron chi connectivity index (χ3n) is 2.73. The van der Waals surface area contributed by atoms with Crippen molar-refractivity contribution in [1.82, 2.24) is 4.57 Å². The molecule has 1 aromatic carbocycles. The number of sulfonamides is 1. The fraction of sp³-hybridized carbons (Fsp3) is 0.231. The van der Waals surface area contributed by atoms with Crippen LogP contribution in [0.15, 0.2) is 42.6 Å². The number of para-hydroxylation sites is 2. The van der Waals surface area contributed by atoms with Crippen molar-refractivity contribution in [3.05, 3.63) is 48.3 Å². The fourth-order valence-electron chi connectivity index (χ4n) is 1.79. The molecule has 2 N–H and O–H groups in total. The van der Waals surface area contributed by atoms with E-state index >= 15 is 0 Å². The van der Waals surface area contributed by atoms with Gasteiger partial charge in [-0.3, -0.25) is 4.72 Å². The van der Waals surface area contributed by atoms with Crippen molar-refractivity contribution in [2.24, 2.45) is 7.05 Å². The first kappa shape index (κ1) is 13.5. The Balaban J connectivity index is 2.14. The van der Waals surface area contributed by atoms with Crippen LogP contribution in [0.25, 0.3) is 0 Å². The van der Waals surface area contributed by atoms with Crippen molar-refractivity contribution >= 4 is 21.4 Å². The summed E-state index contributed by atoms with van der Waals surface area (Å²) >= 11 is 0. The zero-order chi connectivity index (χ0) is 13.9. The van der Waals surface area contributed by atoms with Crippen LogP contribution in [0.1, 0.15) is 5.69 Å². The molecule has 0 radical (unpaired) electrons. The van der Waals surface area contributed by atoms with Crippen LogP contribution < -0.4 is 10.0 Å². The Labute approximate surface area is 113 Å². The van der Waals surface area contributed by atoms with Crippen LogP contribution in [0.2, 0.25) is 0 Å². The maximum absolute atomic E-state index is 11.3. The normalized spacial score (nSPS) is 11.3. The summed E-state index contributed by atoms with van der Waals surface area (Å²) in [5.74, 6) is 0. The van der Waals surface area contributed by atoms with Crippen molar-refractivity contribution in [1.29, 1.82) is 0 Å². The molecule has 0 spiro atoms. The lowest BCUT2D eigenvalue weighted by Gasteiger charge is -2.13. The first-order chi connectivity index (χ1) is 8.96. The number of aromatic nitrogens is 1. The number of aryl methyl sites for hydroxylation is 1. The Morgan fingerprint density at radius 3 is 2.37 bits per heavy atom. The van der Waals surface area contributed by atoms with Gasteiger partial charge in [0.15, 0.2) is 0 Å². The summed E-state index contributed by atoms with van der Waals surface area (Å²) in [4.78, 5) is 0. The predicted molar refractivity (Wildman–Crippen MR) is 77.6 cm³/mol. The molecule has 102 valence electrons. The number of hydrogen-bond acceptors (Lipinski definition) is 3. The highest BCUT2D eigenvalue weighted by atomic mass is 32.2. The van der Waals surface area contributed by atoms with E-state index in [4.69, 9.17) is 0 Å². The van der Waals surface area contributed by atoms with Crippen molar-refractivity contribution in [3.63, 3.8) is 0 Å². The third-order valence-corrected chi connectivity index (χ3v) is 3.32. The van der Waals surface area contributed by atoms with Gasteiger partial charge < -0.3 is 9.88 Å². The number of nitrogens with one attached hydrogen (secondary N) is 2. The quantitative estimate of drug-likeness (QED) is 0.880. The minimum Gasteiger partial charge on any atom is -0.378 e. The predicted octanol–water partition coefficient (Wildman–Crippen LogP) is 2.01. The Kier molecular flexibility index (Phi) is 3.80. The van der Waals surface area contributed by atoms with Crippen LogP contribution in [0, 0.1) is 0 Å². The lowest BCUT2D eigenvalue weighted by atomic mass is 10.2. The summed E-state index contributed by atoms with van der Waals surface area (Å²) < 4.78 is 27.1. The molecule has 0 fully saturated rings. The second-order valence-electron chi connectivity index (χ2n) is 4.38. The summed E-state index contributed by atoms with van der Waals surface area (Å²) in [6, 6.07) is 11.2. The van der Waals surface area contributed by atoms with E-state index in [1.54, 1.807) is 12.1 Å². The lowest BCUT2D eigenvalue weighted by Crippen LogP contribution is -2.12. The highest BCUT2D eigenvalue weighted by Crippen LogP contribution is 2.22. The molecule has 5 nitrogen and oxygen atoms in total. The van der Waals surface area contributed by atoms with Gasteiger partial charge in [-0.25, -0.2) is 8.42 Å². The van der Waals surface area contributed by atoms with E-state index in [1.807, 2.05) is 42.1 Å². The minimum absolute atomic E-state index is 0.555. The molecular weight excluding hydrogens is 262 g/mol. The van der Waals surface area contributed by atoms with Gasteiger partial charge in [-0.05, 0) is 24.3 Å². The maximum atomic E-state index is 11.3. The molecule has 0 saturated heterocycles. The maximum Gasteiger partial charge on any atom is 0.229 e. The van der Waals surface area contributed by atoms with Crippen LogP contribution >= 0.6 is 0 Å². The summed E-state index contributed by atoms with van der Waals surface area (Å²) in [7, 11) is -1.31. The molecule has 0 atom stereocenters. The molecule has 0 aliphatic carbocycles. The highest BCUT2D eigenvalue weighted by Gasteiger charge is 2.07. The topological polar surface area (TPSA) is 63.1 Å². The molecule has 0 aliphatic rings. The Hall–Kier alpha value is -1.95. The largest absolute Gasteiger partial charge is 0.378 e. The van der Waals surface area contributed by atoms with Crippen molar-refractivity contribution in [2.75, 3.05) is 16.3 Å². The molecule has 19 heavy (non-hydrogen) atoms. The number of benzene rings is 1. The monoisotopic (exact) mass is 279 g/mol. The van der Waals surface area contributed by atoms with E-state index < -0.39 is 10.0 Å². The van der Waals surface area contributed by atoms with Gasteiger partial charge >= 0.3 is 0 Å². The fourth-order valence-corrected chi connectivity index (χ4v) is 2.37. The summed E-state index contributed by atoms with van der Waals surface area (Å²) in [5, 5.41) is 3.23. The van der Waals surface area contributed by atoms with Gasteiger partial charge in [0.05, 0.1) is 24.2 Å². The molecule has 2 rings (SSSR count). The highest BCUT2D eigenvalue weighted by molar-refractivity contribution is 7.92. The second kappa shape index (κ2) is 5.36. The van der Waals surface area contributed by atoms with E-state index in [9.17, 15) is 8.42 Å². The summed E-state index contributed by atoms with van der Waals surface area (Å²) in [6.45, 7) is 0.631.